The van der Waals surface area contributed by atoms with Crippen molar-refractivity contribution >= 4 is 23.9 Å². The number of nitrogens with one attached hydrogen (secondary N) is 1. The minimum atomic E-state index is -0.556. The van der Waals surface area contributed by atoms with Crippen molar-refractivity contribution in [1.29, 1.82) is 0 Å². The number of nitrogen functional groups attached to an aromatic ring is 1. The normalized spacial score (nSPS) is 30.4. The smallest absolute Gasteiger partial charge is 0.410 e. The maximum absolute atomic E-state index is 13.7. The molecule has 3 saturated heterocycles. The Morgan fingerprint density at radius 1 is 1.18 bits per heavy atom. The number of fused-ring (bicyclic) bond motifs is 3. The van der Waals surface area contributed by atoms with Crippen LogP contribution in [0.4, 0.5) is 10.7 Å². The molecule has 1 aromatic heterocycles. The maximum Gasteiger partial charge on any atom is 0.410 e. The number of piperazine rings is 1. The number of nitrogens with two attached hydrogens (primary N) is 1. The number of carbonyl (C=O) groups excluding carboxylic acids is 3. The van der Waals surface area contributed by atoms with Gasteiger partial charge in [-0.2, -0.15) is 4.98 Å². The first kappa shape index (κ1) is 22.0. The molecule has 0 radical (unpaired) electrons. The van der Waals surface area contributed by atoms with E-state index in [0.29, 0.717) is 44.8 Å². The summed E-state index contributed by atoms with van der Waals surface area (Å²) in [5.41, 5.74) is 4.47. The van der Waals surface area contributed by atoms with E-state index in [0.717, 1.165) is 19.3 Å². The second-order valence-electron chi connectivity index (χ2n) is 10.9. The van der Waals surface area contributed by atoms with Crippen LogP contribution in [0.25, 0.3) is 0 Å². The monoisotopic (exact) mass is 459 g/mol. The molecule has 1 aliphatic carbocycles. The molecule has 2 unspecified atom stereocenters. The number of rotatable bonds is 4. The minimum absolute atomic E-state index is 0.0542. The Balaban J connectivity index is 1.18. The second kappa shape index (κ2) is 7.59. The van der Waals surface area contributed by atoms with Gasteiger partial charge in [0.15, 0.2) is 0 Å². The minimum Gasteiger partial charge on any atom is -0.444 e. The van der Waals surface area contributed by atoms with Gasteiger partial charge in [0.25, 0.3) is 0 Å². The Hall–Kier alpha value is -2.85. The van der Waals surface area contributed by atoms with Crippen LogP contribution in [0.2, 0.25) is 0 Å². The standard InChI is InChI=1S/C22H33N7O4/c1-21(2,3)33-20(32)27-9-13-6-7-22(13,12-27)18(31)29-11-14-8-15(29)10-28(14)17(30)5-4-16-24-19(23)26-25-16/h13-15H,4-12H2,1-3H3,(H3,23,24,25,26)/t13?,14-,15+,22?/m0/s1. The second-order valence-corrected chi connectivity index (χ2v) is 10.9. The van der Waals surface area contributed by atoms with Crippen LogP contribution in [-0.2, 0) is 20.7 Å². The number of anilines is 1. The van der Waals surface area contributed by atoms with Crippen molar-refractivity contribution in [2.24, 2.45) is 11.3 Å². The zero-order valence-electron chi connectivity index (χ0n) is 19.5. The van der Waals surface area contributed by atoms with Crippen LogP contribution in [0.1, 0.15) is 52.3 Å². The van der Waals surface area contributed by atoms with Crippen molar-refractivity contribution in [2.75, 3.05) is 31.9 Å². The van der Waals surface area contributed by atoms with Gasteiger partial charge in [-0.05, 0) is 46.0 Å². The highest BCUT2D eigenvalue weighted by Crippen LogP contribution is 2.54. The molecule has 4 aliphatic rings. The fourth-order valence-electron chi connectivity index (χ4n) is 5.96. The first-order valence-corrected chi connectivity index (χ1v) is 11.8. The van der Waals surface area contributed by atoms with Gasteiger partial charge >= 0.3 is 6.09 Å². The van der Waals surface area contributed by atoms with Gasteiger partial charge in [0.1, 0.15) is 11.4 Å². The van der Waals surface area contributed by atoms with E-state index in [1.807, 2.05) is 30.6 Å². The van der Waals surface area contributed by atoms with Gasteiger partial charge in [0.05, 0.1) is 17.5 Å². The quantitative estimate of drug-likeness (QED) is 0.678. The zero-order valence-corrected chi connectivity index (χ0v) is 19.5. The summed E-state index contributed by atoms with van der Waals surface area (Å²) in [5, 5.41) is 6.52. The molecular weight excluding hydrogens is 426 g/mol. The first-order chi connectivity index (χ1) is 15.6. The Bertz CT molecular complexity index is 972. The number of aromatic nitrogens is 3. The van der Waals surface area contributed by atoms with Crippen LogP contribution in [0.15, 0.2) is 0 Å². The predicted molar refractivity (Wildman–Crippen MR) is 118 cm³/mol. The number of likely N-dealkylation sites (tertiary alicyclic amines) is 3. The highest BCUT2D eigenvalue weighted by atomic mass is 16.6. The molecule has 4 heterocycles. The summed E-state index contributed by atoms with van der Waals surface area (Å²) in [6.45, 7) is 7.72. The lowest BCUT2D eigenvalue weighted by Crippen LogP contribution is -2.58. The van der Waals surface area contributed by atoms with E-state index in [1.165, 1.54) is 0 Å². The van der Waals surface area contributed by atoms with Gasteiger partial charge in [0, 0.05) is 39.0 Å². The van der Waals surface area contributed by atoms with E-state index in [2.05, 4.69) is 15.2 Å². The highest BCUT2D eigenvalue weighted by Gasteiger charge is 2.62. The number of hydrogen-bond donors (Lipinski definition) is 2. The zero-order chi connectivity index (χ0) is 23.5. The van der Waals surface area contributed by atoms with Crippen molar-refractivity contribution < 1.29 is 19.1 Å². The summed E-state index contributed by atoms with van der Waals surface area (Å²) < 4.78 is 5.54. The van der Waals surface area contributed by atoms with Crippen molar-refractivity contribution in [3.63, 3.8) is 0 Å². The fraction of sp³-hybridized carbons (Fsp3) is 0.773. The number of carbonyl (C=O) groups is 3. The number of amides is 3. The summed E-state index contributed by atoms with van der Waals surface area (Å²) in [7, 11) is 0. The molecule has 0 aromatic carbocycles. The van der Waals surface area contributed by atoms with Crippen LogP contribution in [-0.4, -0.2) is 91.7 Å². The third-order valence-corrected chi connectivity index (χ3v) is 7.66. The SMILES string of the molecule is CC(C)(C)OC(=O)N1CC2CCC2(C(=O)N2C[C@@H]3C[C@@H]2CN3C(=O)CCc2nc(N)n[nH]2)C1. The van der Waals surface area contributed by atoms with Gasteiger partial charge < -0.3 is 25.2 Å². The molecule has 2 bridgehead atoms. The van der Waals surface area contributed by atoms with Crippen LogP contribution in [0.3, 0.4) is 0 Å². The Morgan fingerprint density at radius 3 is 2.48 bits per heavy atom. The van der Waals surface area contributed by atoms with E-state index < -0.39 is 11.0 Å². The Morgan fingerprint density at radius 2 is 1.91 bits per heavy atom. The summed E-state index contributed by atoms with van der Waals surface area (Å²) >= 11 is 0. The largest absolute Gasteiger partial charge is 0.444 e. The van der Waals surface area contributed by atoms with E-state index in [9.17, 15) is 14.4 Å². The first-order valence-electron chi connectivity index (χ1n) is 11.8. The van der Waals surface area contributed by atoms with Crippen molar-refractivity contribution in [3.8, 4) is 0 Å². The van der Waals surface area contributed by atoms with Crippen LogP contribution in [0, 0.1) is 11.3 Å². The molecule has 1 saturated carbocycles. The lowest BCUT2D eigenvalue weighted by molar-refractivity contribution is -0.154. The molecule has 33 heavy (non-hydrogen) atoms. The van der Waals surface area contributed by atoms with Crippen LogP contribution < -0.4 is 5.73 Å². The average molecular weight is 460 g/mol. The number of ether oxygens (including phenoxy) is 1. The number of aromatic amines is 1. The molecule has 180 valence electrons. The molecule has 0 spiro atoms. The fourth-order valence-corrected chi connectivity index (χ4v) is 5.96. The molecule has 3 N–H and O–H groups in total. The van der Waals surface area contributed by atoms with E-state index in [1.54, 1.807) is 4.90 Å². The van der Waals surface area contributed by atoms with Crippen LogP contribution >= 0.6 is 0 Å². The molecule has 3 amide bonds. The molecule has 11 nitrogen and oxygen atoms in total. The molecular formula is C22H33N7O4. The third kappa shape index (κ3) is 3.80. The lowest BCUT2D eigenvalue weighted by Gasteiger charge is -2.46. The molecule has 5 rings (SSSR count). The summed E-state index contributed by atoms with van der Waals surface area (Å²) in [6, 6.07) is 0.114. The molecule has 4 atom stereocenters. The topological polar surface area (TPSA) is 138 Å². The van der Waals surface area contributed by atoms with Gasteiger partial charge in [-0.15, -0.1) is 5.10 Å². The molecule has 4 fully saturated rings. The molecule has 1 aromatic rings. The predicted octanol–water partition coefficient (Wildman–Crippen LogP) is 0.778. The van der Waals surface area contributed by atoms with Gasteiger partial charge in [-0.1, -0.05) is 0 Å². The van der Waals surface area contributed by atoms with Gasteiger partial charge in [-0.25, -0.2) is 4.79 Å². The summed E-state index contributed by atoms with van der Waals surface area (Å²) in [5.74, 6) is 1.21. The number of hydrogen-bond acceptors (Lipinski definition) is 7. The number of aryl methyl sites for hydroxylation is 1. The van der Waals surface area contributed by atoms with E-state index in [4.69, 9.17) is 10.5 Å². The number of nitrogens with zero attached hydrogens (tertiary/aromatic N) is 5. The van der Waals surface area contributed by atoms with Crippen molar-refractivity contribution in [3.05, 3.63) is 5.82 Å². The summed E-state index contributed by atoms with van der Waals surface area (Å²) in [4.78, 5) is 48.7. The highest BCUT2D eigenvalue weighted by molar-refractivity contribution is 5.87. The van der Waals surface area contributed by atoms with Crippen LogP contribution in [0.5, 0.6) is 0 Å². The lowest BCUT2D eigenvalue weighted by atomic mass is 9.61. The van der Waals surface area contributed by atoms with Gasteiger partial charge in [-0.3, -0.25) is 14.7 Å². The Labute approximate surface area is 193 Å². The van der Waals surface area contributed by atoms with E-state index in [-0.39, 0.29) is 41.9 Å². The average Bonchev–Trinajstić information content (AvgIpc) is 3.48. The Kier molecular flexibility index (Phi) is 5.06. The van der Waals surface area contributed by atoms with E-state index >= 15 is 0 Å². The van der Waals surface area contributed by atoms with Crippen molar-refractivity contribution in [2.45, 2.75) is 70.6 Å². The maximum atomic E-state index is 13.7. The summed E-state index contributed by atoms with van der Waals surface area (Å²) in [6.07, 6.45) is 3.06. The molecule has 3 aliphatic heterocycles. The van der Waals surface area contributed by atoms with Crippen molar-refractivity contribution in [1.82, 2.24) is 29.9 Å². The third-order valence-electron chi connectivity index (χ3n) is 7.66. The molecule has 11 heteroatoms. The van der Waals surface area contributed by atoms with Gasteiger partial charge in [0.2, 0.25) is 17.8 Å². The number of H-pyrrole nitrogens is 1.